The Bertz CT molecular complexity index is 1180. The molecule has 0 atom stereocenters. The fourth-order valence-corrected chi connectivity index (χ4v) is 4.20. The first-order valence-electron chi connectivity index (χ1n) is 9.65. The molecular weight excluding hydrogens is 432 g/mol. The lowest BCUT2D eigenvalue weighted by Crippen LogP contribution is -2.35. The molecule has 9 heteroatoms. The number of ether oxygens (including phenoxy) is 3. The third-order valence-electron chi connectivity index (χ3n) is 4.56. The Hall–Kier alpha value is -3.56. The molecule has 1 N–H and O–H groups in total. The average Bonchev–Trinajstić information content (AvgIpc) is 2.80. The molecule has 0 unspecified atom stereocenters. The van der Waals surface area contributed by atoms with E-state index in [2.05, 4.69) is 5.32 Å². The highest BCUT2D eigenvalue weighted by molar-refractivity contribution is 7.89. The van der Waals surface area contributed by atoms with Gasteiger partial charge in [0, 0.05) is 13.1 Å². The number of anilines is 1. The van der Waals surface area contributed by atoms with E-state index in [0.717, 1.165) is 4.31 Å². The highest BCUT2D eigenvalue weighted by Crippen LogP contribution is 2.31. The van der Waals surface area contributed by atoms with Crippen LogP contribution in [0.2, 0.25) is 0 Å². The fraction of sp³-hybridized carbons (Fsp3) is 0.174. The number of rotatable bonds is 9. The summed E-state index contributed by atoms with van der Waals surface area (Å²) in [5.41, 5.74) is 0.422. The number of likely N-dealkylation sites (N-methyl/N-ethyl adjacent to an activating group) is 1. The Labute approximate surface area is 187 Å². The third-order valence-corrected chi connectivity index (χ3v) is 6.38. The Morgan fingerprint density at radius 1 is 0.875 bits per heavy atom. The van der Waals surface area contributed by atoms with Crippen LogP contribution in [-0.4, -0.2) is 46.4 Å². The van der Waals surface area contributed by atoms with E-state index < -0.39 is 22.5 Å². The molecule has 0 radical (unpaired) electrons. The van der Waals surface area contributed by atoms with Gasteiger partial charge in [0.1, 0.15) is 22.1 Å². The van der Waals surface area contributed by atoms with Crippen molar-refractivity contribution in [1.29, 1.82) is 0 Å². The zero-order valence-corrected chi connectivity index (χ0v) is 18.8. The Kier molecular flexibility index (Phi) is 7.34. The minimum Gasteiger partial charge on any atom is -0.497 e. The van der Waals surface area contributed by atoms with Crippen molar-refractivity contribution in [3.8, 4) is 23.0 Å². The summed E-state index contributed by atoms with van der Waals surface area (Å²) in [6, 6.07) is 20.5. The van der Waals surface area contributed by atoms with Crippen molar-refractivity contribution in [3.05, 3.63) is 72.8 Å². The number of amides is 1. The maximum Gasteiger partial charge on any atom is 0.247 e. The number of nitrogens with zero attached hydrogens (tertiary/aromatic N) is 1. The van der Waals surface area contributed by atoms with E-state index in [1.807, 2.05) is 18.2 Å². The molecule has 3 aromatic rings. The largest absolute Gasteiger partial charge is 0.497 e. The first-order valence-corrected chi connectivity index (χ1v) is 11.1. The second kappa shape index (κ2) is 10.2. The lowest BCUT2D eigenvalue weighted by atomic mass is 10.3. The predicted octanol–water partition coefficient (Wildman–Crippen LogP) is 3.76. The Morgan fingerprint density at radius 2 is 1.56 bits per heavy atom. The highest BCUT2D eigenvalue weighted by atomic mass is 32.2. The summed E-state index contributed by atoms with van der Waals surface area (Å²) in [5, 5.41) is 2.71. The maximum absolute atomic E-state index is 13.1. The zero-order chi connectivity index (χ0) is 23.1. The molecule has 0 spiro atoms. The summed E-state index contributed by atoms with van der Waals surface area (Å²) in [7, 11) is 0.103. The van der Waals surface area contributed by atoms with Gasteiger partial charge in [0.15, 0.2) is 5.75 Å². The van der Waals surface area contributed by atoms with Crippen LogP contribution >= 0.6 is 0 Å². The Balaban J connectivity index is 1.76. The zero-order valence-electron chi connectivity index (χ0n) is 17.9. The monoisotopic (exact) mass is 456 g/mol. The standard InChI is InChI=1S/C23H24N2O6S/c1-25(32(27,28)22-15-18(29-2)13-14-21(22)30-3)16-23(26)24-19-11-7-8-12-20(19)31-17-9-5-4-6-10-17/h4-15H,16H2,1-3H3,(H,24,26). The molecule has 3 aromatic carbocycles. The van der Waals surface area contributed by atoms with Crippen molar-refractivity contribution in [2.24, 2.45) is 0 Å². The molecule has 0 aliphatic rings. The number of hydrogen-bond donors (Lipinski definition) is 1. The molecule has 0 aromatic heterocycles. The van der Waals surface area contributed by atoms with Crippen LogP contribution in [0, 0.1) is 0 Å². The van der Waals surface area contributed by atoms with E-state index in [-0.39, 0.29) is 10.6 Å². The van der Waals surface area contributed by atoms with Gasteiger partial charge in [-0.15, -0.1) is 0 Å². The quantitative estimate of drug-likeness (QED) is 0.527. The van der Waals surface area contributed by atoms with Crippen LogP contribution in [-0.2, 0) is 14.8 Å². The third kappa shape index (κ3) is 5.37. The van der Waals surface area contributed by atoms with Gasteiger partial charge in [-0.2, -0.15) is 4.31 Å². The van der Waals surface area contributed by atoms with Gasteiger partial charge in [0.2, 0.25) is 15.9 Å². The van der Waals surface area contributed by atoms with Crippen molar-refractivity contribution in [2.75, 3.05) is 33.1 Å². The number of methoxy groups -OCH3 is 2. The molecule has 0 saturated carbocycles. The molecule has 8 nitrogen and oxygen atoms in total. The number of nitrogens with one attached hydrogen (secondary N) is 1. The van der Waals surface area contributed by atoms with Crippen molar-refractivity contribution >= 4 is 21.6 Å². The number of benzene rings is 3. The molecule has 0 fully saturated rings. The van der Waals surface area contributed by atoms with E-state index in [4.69, 9.17) is 14.2 Å². The number of para-hydroxylation sites is 3. The number of sulfonamides is 1. The molecule has 0 bridgehead atoms. The summed E-state index contributed by atoms with van der Waals surface area (Å²) >= 11 is 0. The van der Waals surface area contributed by atoms with Crippen LogP contribution < -0.4 is 19.5 Å². The lowest BCUT2D eigenvalue weighted by molar-refractivity contribution is -0.116. The SMILES string of the molecule is COc1ccc(OC)c(S(=O)(=O)N(C)CC(=O)Nc2ccccc2Oc2ccccc2)c1. The van der Waals surface area contributed by atoms with Gasteiger partial charge in [0.25, 0.3) is 0 Å². The van der Waals surface area contributed by atoms with Crippen molar-refractivity contribution in [3.63, 3.8) is 0 Å². The average molecular weight is 457 g/mol. The van der Waals surface area contributed by atoms with Gasteiger partial charge >= 0.3 is 0 Å². The van der Waals surface area contributed by atoms with E-state index in [1.54, 1.807) is 42.5 Å². The molecule has 168 valence electrons. The number of carbonyl (C=O) groups excluding carboxylic acids is 1. The van der Waals surface area contributed by atoms with Crippen LogP contribution in [0.5, 0.6) is 23.0 Å². The summed E-state index contributed by atoms with van der Waals surface area (Å²) in [6.45, 7) is -0.414. The van der Waals surface area contributed by atoms with E-state index in [1.165, 1.54) is 33.4 Å². The van der Waals surface area contributed by atoms with E-state index in [9.17, 15) is 13.2 Å². The van der Waals surface area contributed by atoms with Gasteiger partial charge in [-0.3, -0.25) is 4.79 Å². The normalized spacial score (nSPS) is 11.1. The molecule has 32 heavy (non-hydrogen) atoms. The molecule has 1 amide bonds. The second-order valence-electron chi connectivity index (χ2n) is 6.74. The molecule has 3 rings (SSSR count). The van der Waals surface area contributed by atoms with Crippen molar-refractivity contribution < 1.29 is 27.4 Å². The van der Waals surface area contributed by atoms with Crippen LogP contribution in [0.25, 0.3) is 0 Å². The summed E-state index contributed by atoms with van der Waals surface area (Å²) < 4.78 is 43.2. The minimum atomic E-state index is -4.02. The summed E-state index contributed by atoms with van der Waals surface area (Å²) in [5.74, 6) is 1.03. The summed E-state index contributed by atoms with van der Waals surface area (Å²) in [4.78, 5) is 12.6. The molecule has 0 aliphatic heterocycles. The maximum atomic E-state index is 13.1. The second-order valence-corrected chi connectivity index (χ2v) is 8.75. The number of hydrogen-bond acceptors (Lipinski definition) is 6. The van der Waals surface area contributed by atoms with Gasteiger partial charge in [-0.1, -0.05) is 30.3 Å². The smallest absolute Gasteiger partial charge is 0.247 e. The first kappa shape index (κ1) is 23.1. The van der Waals surface area contributed by atoms with Crippen LogP contribution in [0.1, 0.15) is 0 Å². The summed E-state index contributed by atoms with van der Waals surface area (Å²) in [6.07, 6.45) is 0. The topological polar surface area (TPSA) is 94.2 Å². The lowest BCUT2D eigenvalue weighted by Gasteiger charge is -2.19. The van der Waals surface area contributed by atoms with Crippen LogP contribution in [0.15, 0.2) is 77.7 Å². The van der Waals surface area contributed by atoms with E-state index in [0.29, 0.717) is 22.9 Å². The van der Waals surface area contributed by atoms with Crippen LogP contribution in [0.4, 0.5) is 5.69 Å². The fourth-order valence-electron chi connectivity index (χ4n) is 2.90. The van der Waals surface area contributed by atoms with Gasteiger partial charge in [-0.05, 0) is 36.4 Å². The van der Waals surface area contributed by atoms with E-state index >= 15 is 0 Å². The van der Waals surface area contributed by atoms with Gasteiger partial charge in [-0.25, -0.2) is 8.42 Å². The van der Waals surface area contributed by atoms with Crippen molar-refractivity contribution in [1.82, 2.24) is 4.31 Å². The first-order chi connectivity index (χ1) is 15.3. The molecule has 0 saturated heterocycles. The number of carbonyl (C=O) groups is 1. The van der Waals surface area contributed by atoms with Gasteiger partial charge < -0.3 is 19.5 Å². The molecule has 0 aliphatic carbocycles. The molecule has 0 heterocycles. The molecular formula is C23H24N2O6S. The Morgan fingerprint density at radius 3 is 2.25 bits per heavy atom. The van der Waals surface area contributed by atoms with Crippen molar-refractivity contribution in [2.45, 2.75) is 4.90 Å². The highest BCUT2D eigenvalue weighted by Gasteiger charge is 2.27. The minimum absolute atomic E-state index is 0.0949. The van der Waals surface area contributed by atoms with Gasteiger partial charge in [0.05, 0.1) is 26.5 Å². The predicted molar refractivity (Wildman–Crippen MR) is 121 cm³/mol. The van der Waals surface area contributed by atoms with Crippen LogP contribution in [0.3, 0.4) is 0 Å².